The van der Waals surface area contributed by atoms with Gasteiger partial charge in [-0.15, -0.1) is 0 Å². The van der Waals surface area contributed by atoms with Crippen LogP contribution in [0.1, 0.15) is 19.8 Å². The third-order valence-electron chi connectivity index (χ3n) is 4.31. The van der Waals surface area contributed by atoms with Crippen molar-refractivity contribution in [1.82, 2.24) is 9.29 Å². The van der Waals surface area contributed by atoms with Crippen LogP contribution in [0.5, 0.6) is 0 Å². The summed E-state index contributed by atoms with van der Waals surface area (Å²) < 4.78 is 31.8. The van der Waals surface area contributed by atoms with Crippen LogP contribution in [0.2, 0.25) is 0 Å². The lowest BCUT2D eigenvalue weighted by molar-refractivity contribution is 0.0730. The largest absolute Gasteiger partial charge is 0.379 e. The monoisotopic (exact) mass is 325 g/mol. The summed E-state index contributed by atoms with van der Waals surface area (Å²) >= 11 is 0. The standard InChI is InChI=1S/C15H23N3O3S/c1-13-3-2-6-17(12-13)15-5-4-14(11-16-15)22(19,20)18-7-9-21-10-8-18/h4-5,11,13H,2-3,6-10,12H2,1H3/t13-/m1/s1. The Morgan fingerprint density at radius 2 is 2.00 bits per heavy atom. The minimum absolute atomic E-state index is 0.267. The highest BCUT2D eigenvalue weighted by molar-refractivity contribution is 7.89. The third-order valence-corrected chi connectivity index (χ3v) is 6.19. The fraction of sp³-hybridized carbons (Fsp3) is 0.667. The number of morpholine rings is 1. The molecule has 22 heavy (non-hydrogen) atoms. The van der Waals surface area contributed by atoms with Gasteiger partial charge in [0, 0.05) is 32.4 Å². The summed E-state index contributed by atoms with van der Waals surface area (Å²) in [5, 5.41) is 0. The smallest absolute Gasteiger partial charge is 0.244 e. The van der Waals surface area contributed by atoms with E-state index in [0.29, 0.717) is 32.2 Å². The van der Waals surface area contributed by atoms with Crippen molar-refractivity contribution in [2.45, 2.75) is 24.7 Å². The van der Waals surface area contributed by atoms with Crippen molar-refractivity contribution in [3.8, 4) is 0 Å². The zero-order chi connectivity index (χ0) is 15.6. The predicted molar refractivity (Wildman–Crippen MR) is 84.4 cm³/mol. The maximum Gasteiger partial charge on any atom is 0.244 e. The molecular weight excluding hydrogens is 302 g/mol. The van der Waals surface area contributed by atoms with Crippen molar-refractivity contribution in [2.75, 3.05) is 44.3 Å². The Labute approximate surface area is 132 Å². The topological polar surface area (TPSA) is 62.7 Å². The molecular formula is C15H23N3O3S. The van der Waals surface area contributed by atoms with Gasteiger partial charge in [-0.05, 0) is 30.9 Å². The second-order valence-corrected chi connectivity index (χ2v) is 8.00. The lowest BCUT2D eigenvalue weighted by Crippen LogP contribution is -2.40. The summed E-state index contributed by atoms with van der Waals surface area (Å²) in [5.41, 5.74) is 0. The molecule has 0 amide bonds. The molecule has 0 spiro atoms. The van der Waals surface area contributed by atoms with Gasteiger partial charge in [-0.3, -0.25) is 0 Å². The highest BCUT2D eigenvalue weighted by atomic mass is 32.2. The number of ether oxygens (including phenoxy) is 1. The summed E-state index contributed by atoms with van der Waals surface area (Å²) in [4.78, 5) is 6.89. The van der Waals surface area contributed by atoms with Crippen molar-refractivity contribution in [1.29, 1.82) is 0 Å². The predicted octanol–water partition coefficient (Wildman–Crippen LogP) is 1.34. The minimum Gasteiger partial charge on any atom is -0.379 e. The summed E-state index contributed by atoms with van der Waals surface area (Å²) in [7, 11) is -3.45. The van der Waals surface area contributed by atoms with E-state index in [1.54, 1.807) is 6.07 Å². The second kappa shape index (κ2) is 6.52. The average Bonchev–Trinajstić information content (AvgIpc) is 2.56. The number of piperidine rings is 1. The Kier molecular flexibility index (Phi) is 4.65. The molecule has 1 aromatic rings. The summed E-state index contributed by atoms with van der Waals surface area (Å²) in [6.45, 7) is 5.95. The van der Waals surface area contributed by atoms with Crippen LogP contribution < -0.4 is 4.90 Å². The van der Waals surface area contributed by atoms with Crippen molar-refractivity contribution < 1.29 is 13.2 Å². The molecule has 2 fully saturated rings. The molecule has 2 saturated heterocycles. The van der Waals surface area contributed by atoms with Gasteiger partial charge in [0.1, 0.15) is 10.7 Å². The van der Waals surface area contributed by atoms with Gasteiger partial charge in [0.2, 0.25) is 10.0 Å². The van der Waals surface area contributed by atoms with Gasteiger partial charge >= 0.3 is 0 Å². The van der Waals surface area contributed by atoms with Gasteiger partial charge in [0.25, 0.3) is 0 Å². The molecule has 122 valence electrons. The number of sulfonamides is 1. The number of nitrogens with zero attached hydrogens (tertiary/aromatic N) is 3. The van der Waals surface area contributed by atoms with Crippen LogP contribution in [0.4, 0.5) is 5.82 Å². The fourth-order valence-electron chi connectivity index (χ4n) is 3.05. The number of pyridine rings is 1. The first kappa shape index (κ1) is 15.7. The molecule has 7 heteroatoms. The van der Waals surface area contributed by atoms with Gasteiger partial charge in [0.05, 0.1) is 13.2 Å². The number of aromatic nitrogens is 1. The van der Waals surface area contributed by atoms with Crippen molar-refractivity contribution in [2.24, 2.45) is 5.92 Å². The molecule has 6 nitrogen and oxygen atoms in total. The van der Waals surface area contributed by atoms with Crippen molar-refractivity contribution >= 4 is 15.8 Å². The number of rotatable bonds is 3. The molecule has 0 saturated carbocycles. The van der Waals surface area contributed by atoms with Crippen LogP contribution in [0.15, 0.2) is 23.2 Å². The first-order valence-electron chi connectivity index (χ1n) is 7.86. The Hall–Kier alpha value is -1.18. The number of hydrogen-bond acceptors (Lipinski definition) is 5. The van der Waals surface area contributed by atoms with Gasteiger partial charge in [-0.25, -0.2) is 13.4 Å². The van der Waals surface area contributed by atoms with Crippen LogP contribution >= 0.6 is 0 Å². The van der Waals surface area contributed by atoms with E-state index in [1.807, 2.05) is 6.07 Å². The SMILES string of the molecule is C[C@@H]1CCCN(c2ccc(S(=O)(=O)N3CCOCC3)cn2)C1. The van der Waals surface area contributed by atoms with E-state index >= 15 is 0 Å². The normalized spacial score (nSPS) is 24.4. The second-order valence-electron chi connectivity index (χ2n) is 6.06. The fourth-order valence-corrected chi connectivity index (χ4v) is 4.40. The molecule has 0 aromatic carbocycles. The van der Waals surface area contributed by atoms with E-state index in [1.165, 1.54) is 16.9 Å². The molecule has 2 aliphatic heterocycles. The van der Waals surface area contributed by atoms with E-state index in [-0.39, 0.29) is 4.90 Å². The van der Waals surface area contributed by atoms with Crippen LogP contribution in [-0.4, -0.2) is 57.1 Å². The van der Waals surface area contributed by atoms with E-state index in [9.17, 15) is 8.42 Å². The molecule has 2 aliphatic rings. The van der Waals surface area contributed by atoms with Crippen molar-refractivity contribution in [3.63, 3.8) is 0 Å². The molecule has 0 aliphatic carbocycles. The molecule has 0 N–H and O–H groups in total. The number of hydrogen-bond donors (Lipinski definition) is 0. The molecule has 1 aromatic heterocycles. The van der Waals surface area contributed by atoms with Gasteiger partial charge in [-0.1, -0.05) is 6.92 Å². The Balaban J connectivity index is 1.75. The van der Waals surface area contributed by atoms with E-state index < -0.39 is 10.0 Å². The zero-order valence-corrected chi connectivity index (χ0v) is 13.8. The maximum atomic E-state index is 12.5. The summed E-state index contributed by atoms with van der Waals surface area (Å²) in [5.74, 6) is 1.53. The Bertz CT molecular complexity index is 597. The quantitative estimate of drug-likeness (QED) is 0.839. The lowest BCUT2D eigenvalue weighted by atomic mass is 10.0. The molecule has 3 rings (SSSR count). The first-order chi connectivity index (χ1) is 10.6. The third kappa shape index (κ3) is 3.26. The van der Waals surface area contributed by atoms with Gasteiger partial charge < -0.3 is 9.64 Å². The number of anilines is 1. The molecule has 3 heterocycles. The maximum absolute atomic E-state index is 12.5. The minimum atomic E-state index is -3.45. The molecule has 1 atom stereocenters. The van der Waals surface area contributed by atoms with Crippen LogP contribution in [0.3, 0.4) is 0 Å². The van der Waals surface area contributed by atoms with E-state index in [2.05, 4.69) is 16.8 Å². The zero-order valence-electron chi connectivity index (χ0n) is 12.9. The van der Waals surface area contributed by atoms with E-state index in [0.717, 1.165) is 25.3 Å². The highest BCUT2D eigenvalue weighted by Crippen LogP contribution is 2.23. The summed E-state index contributed by atoms with van der Waals surface area (Å²) in [6.07, 6.45) is 3.90. The highest BCUT2D eigenvalue weighted by Gasteiger charge is 2.27. The van der Waals surface area contributed by atoms with Gasteiger partial charge in [0.15, 0.2) is 0 Å². The van der Waals surface area contributed by atoms with Crippen LogP contribution in [0, 0.1) is 5.92 Å². The Morgan fingerprint density at radius 3 is 2.64 bits per heavy atom. The summed E-state index contributed by atoms with van der Waals surface area (Å²) in [6, 6.07) is 3.50. The molecule has 0 unspecified atom stereocenters. The lowest BCUT2D eigenvalue weighted by Gasteiger charge is -2.32. The van der Waals surface area contributed by atoms with Crippen molar-refractivity contribution in [3.05, 3.63) is 18.3 Å². The average molecular weight is 325 g/mol. The van der Waals surface area contributed by atoms with Crippen LogP contribution in [0.25, 0.3) is 0 Å². The van der Waals surface area contributed by atoms with Crippen LogP contribution in [-0.2, 0) is 14.8 Å². The molecule has 0 radical (unpaired) electrons. The molecule has 0 bridgehead atoms. The van der Waals surface area contributed by atoms with E-state index in [4.69, 9.17) is 4.74 Å². The Morgan fingerprint density at radius 1 is 1.23 bits per heavy atom. The first-order valence-corrected chi connectivity index (χ1v) is 9.30. The van der Waals surface area contributed by atoms with Gasteiger partial charge in [-0.2, -0.15) is 4.31 Å².